The van der Waals surface area contributed by atoms with Crippen molar-refractivity contribution in [3.63, 3.8) is 0 Å². The van der Waals surface area contributed by atoms with Gasteiger partial charge in [-0.25, -0.2) is 18.6 Å². The number of hydrogen-bond donors (Lipinski definition) is 5. The third kappa shape index (κ3) is 5.61. The number of hydrogen-bond acceptors (Lipinski definition) is 7. The average Bonchev–Trinajstić information content (AvgIpc) is 3.49. The van der Waals surface area contributed by atoms with E-state index in [0.717, 1.165) is 33.8 Å². The largest absolute Gasteiger partial charge is 0.472 e. The zero-order valence-corrected chi connectivity index (χ0v) is 19.9. The number of nitrogens with zero attached hydrogens (tertiary/aromatic N) is 3. The Balaban J connectivity index is 1.22. The predicted molar refractivity (Wildman–Crippen MR) is 132 cm³/mol. The van der Waals surface area contributed by atoms with Crippen LogP contribution < -0.4 is 15.6 Å². The van der Waals surface area contributed by atoms with E-state index >= 15 is 0 Å². The smallest absolute Gasteiger partial charge is 0.356 e. The topological polar surface area (TPSA) is 163 Å². The Kier molecular flexibility index (Phi) is 6.53. The van der Waals surface area contributed by atoms with Gasteiger partial charge in [0.05, 0.1) is 22.9 Å². The van der Waals surface area contributed by atoms with Crippen LogP contribution in [0.5, 0.6) is 0 Å². The number of phosphoric ester groups is 1. The van der Waals surface area contributed by atoms with Crippen LogP contribution in [-0.4, -0.2) is 24.9 Å². The van der Waals surface area contributed by atoms with Gasteiger partial charge >= 0.3 is 7.82 Å². The lowest BCUT2D eigenvalue weighted by molar-refractivity contribution is -0.711. The first-order valence-corrected chi connectivity index (χ1v) is 12.6. The predicted octanol–water partition coefficient (Wildman–Crippen LogP) is 3.36. The Morgan fingerprint density at radius 1 is 1.08 bits per heavy atom. The number of nitrogen functional groups attached to an aromatic ring is 1. The van der Waals surface area contributed by atoms with Gasteiger partial charge in [-0.2, -0.15) is 0 Å². The maximum absolute atomic E-state index is 11.0. The number of nitrogens with one attached hydrogen (secondary N) is 2. The fourth-order valence-corrected chi connectivity index (χ4v) is 4.03. The molecular weight excluding hydrogens is 483 g/mol. The minimum atomic E-state index is -4.62. The fourth-order valence-electron chi connectivity index (χ4n) is 3.75. The molecule has 0 amide bonds. The molecule has 0 aliphatic carbocycles. The van der Waals surface area contributed by atoms with E-state index in [2.05, 4.69) is 25.0 Å². The first-order valence-electron chi connectivity index (χ1n) is 11.0. The van der Waals surface area contributed by atoms with E-state index in [0.29, 0.717) is 24.3 Å². The molecular formula is C24H24N6O5P+. The van der Waals surface area contributed by atoms with Crippen LogP contribution in [0.2, 0.25) is 0 Å². The van der Waals surface area contributed by atoms with Crippen LogP contribution in [0.1, 0.15) is 16.8 Å². The third-order valence-electron chi connectivity index (χ3n) is 5.56. The summed E-state index contributed by atoms with van der Waals surface area (Å²) < 4.78 is 22.4. The van der Waals surface area contributed by atoms with Gasteiger partial charge in [0.2, 0.25) is 12.7 Å². The SMILES string of the molecule is Nc1c(-c2cc(Cc3ccc(CNc4nc5ccccc5[nH]4)cc3)no2)ccc[n+]1COP(=O)(O)O. The number of imidazole rings is 1. The number of nitrogens with two attached hydrogens (primary N) is 1. The molecule has 0 aliphatic rings. The number of para-hydroxylation sites is 2. The Morgan fingerprint density at radius 3 is 2.64 bits per heavy atom. The number of aromatic amines is 1. The number of aromatic nitrogens is 4. The van der Waals surface area contributed by atoms with Crippen LogP contribution in [0.15, 0.2) is 77.4 Å². The maximum atomic E-state index is 11.0. The normalized spacial score (nSPS) is 11.7. The van der Waals surface area contributed by atoms with Crippen LogP contribution in [0.4, 0.5) is 11.8 Å². The Bertz CT molecular complexity index is 1510. The summed E-state index contributed by atoms with van der Waals surface area (Å²) >= 11 is 0. The van der Waals surface area contributed by atoms with Gasteiger partial charge < -0.3 is 24.6 Å². The van der Waals surface area contributed by atoms with Gasteiger partial charge in [-0.1, -0.05) is 41.6 Å². The molecule has 0 saturated carbocycles. The number of anilines is 2. The van der Waals surface area contributed by atoms with Crippen LogP contribution in [-0.2, 0) is 28.8 Å². The van der Waals surface area contributed by atoms with Crippen molar-refractivity contribution in [2.45, 2.75) is 19.7 Å². The summed E-state index contributed by atoms with van der Waals surface area (Å²) in [6.45, 7) is 0.232. The molecule has 0 radical (unpaired) electrons. The summed E-state index contributed by atoms with van der Waals surface area (Å²) in [5, 5.41) is 7.45. The van der Waals surface area contributed by atoms with Crippen molar-refractivity contribution in [1.29, 1.82) is 0 Å². The second-order valence-corrected chi connectivity index (χ2v) is 9.40. The molecule has 0 saturated heterocycles. The lowest BCUT2D eigenvalue weighted by atomic mass is 10.1. The van der Waals surface area contributed by atoms with Crippen molar-refractivity contribution in [2.24, 2.45) is 0 Å². The highest BCUT2D eigenvalue weighted by molar-refractivity contribution is 7.46. The third-order valence-corrected chi connectivity index (χ3v) is 6.01. The molecule has 0 unspecified atom stereocenters. The van der Waals surface area contributed by atoms with Crippen LogP contribution in [0.3, 0.4) is 0 Å². The van der Waals surface area contributed by atoms with Gasteiger partial charge in [0.25, 0.3) is 5.82 Å². The molecule has 0 aliphatic heterocycles. The molecule has 0 atom stereocenters. The van der Waals surface area contributed by atoms with Crippen molar-refractivity contribution in [3.8, 4) is 11.3 Å². The minimum absolute atomic E-state index is 0.231. The van der Waals surface area contributed by atoms with Gasteiger partial charge in [0.1, 0.15) is 5.56 Å². The number of fused-ring (bicyclic) bond motifs is 1. The molecule has 5 aromatic rings. The molecule has 2 aromatic carbocycles. The number of phosphoric acid groups is 1. The van der Waals surface area contributed by atoms with Gasteiger partial charge in [0.15, 0.2) is 5.76 Å². The number of pyridine rings is 1. The molecule has 3 heterocycles. The molecule has 11 nitrogen and oxygen atoms in total. The number of rotatable bonds is 9. The average molecular weight is 507 g/mol. The maximum Gasteiger partial charge on any atom is 0.472 e. The van der Waals surface area contributed by atoms with Crippen molar-refractivity contribution >= 4 is 30.6 Å². The van der Waals surface area contributed by atoms with Crippen LogP contribution in [0.25, 0.3) is 22.4 Å². The van der Waals surface area contributed by atoms with E-state index in [1.165, 1.54) is 4.57 Å². The van der Waals surface area contributed by atoms with E-state index in [1.54, 1.807) is 24.4 Å². The summed E-state index contributed by atoms with van der Waals surface area (Å²) in [6.07, 6.45) is 2.12. The second kappa shape index (κ2) is 9.92. The van der Waals surface area contributed by atoms with Crippen LogP contribution in [0, 0.1) is 0 Å². The standard InChI is InChI=1S/C24H23N6O5P/c25-23-19(4-3-11-30(23)15-34-36(31,32)33)22-13-18(29-35-22)12-16-7-9-17(10-8-16)14-26-24-27-20-5-1-2-6-21(20)28-24/h1-11,13,25H,12,14-15H2,(H4,26,27,28,31,32,33)/p+1. The zero-order valence-electron chi connectivity index (χ0n) is 19.0. The van der Waals surface area contributed by atoms with Gasteiger partial charge in [0, 0.05) is 19.0 Å². The van der Waals surface area contributed by atoms with Gasteiger partial charge in [-0.15, -0.1) is 0 Å². The van der Waals surface area contributed by atoms with E-state index in [1.807, 2.05) is 48.5 Å². The van der Waals surface area contributed by atoms with Gasteiger partial charge in [-0.05, 0) is 35.4 Å². The number of H-pyrrole nitrogens is 1. The van der Waals surface area contributed by atoms with Crippen LogP contribution >= 0.6 is 7.82 Å². The van der Waals surface area contributed by atoms with Crippen molar-refractivity contribution in [2.75, 3.05) is 11.1 Å². The molecule has 5 rings (SSSR count). The summed E-state index contributed by atoms with van der Waals surface area (Å²) in [4.78, 5) is 25.6. The highest BCUT2D eigenvalue weighted by atomic mass is 31.2. The minimum Gasteiger partial charge on any atom is -0.356 e. The Hall–Kier alpha value is -4.02. The lowest BCUT2D eigenvalue weighted by Crippen LogP contribution is -2.38. The van der Waals surface area contributed by atoms with Crippen molar-refractivity contribution in [1.82, 2.24) is 15.1 Å². The molecule has 0 bridgehead atoms. The zero-order chi connectivity index (χ0) is 25.1. The number of benzene rings is 2. The molecule has 0 fully saturated rings. The lowest BCUT2D eigenvalue weighted by Gasteiger charge is -2.07. The van der Waals surface area contributed by atoms with Crippen molar-refractivity contribution in [3.05, 3.63) is 89.7 Å². The molecule has 3 aromatic heterocycles. The highest BCUT2D eigenvalue weighted by Crippen LogP contribution is 2.35. The molecule has 0 spiro atoms. The van der Waals surface area contributed by atoms with E-state index < -0.39 is 14.6 Å². The summed E-state index contributed by atoms with van der Waals surface area (Å²) in [5.74, 6) is 1.40. The first-order chi connectivity index (χ1) is 17.3. The van der Waals surface area contributed by atoms with E-state index in [4.69, 9.17) is 20.0 Å². The summed E-state index contributed by atoms with van der Waals surface area (Å²) in [7, 11) is -4.62. The van der Waals surface area contributed by atoms with E-state index in [9.17, 15) is 4.57 Å². The van der Waals surface area contributed by atoms with E-state index in [-0.39, 0.29) is 5.82 Å². The summed E-state index contributed by atoms with van der Waals surface area (Å²) in [5.41, 5.74) is 11.5. The molecule has 6 N–H and O–H groups in total. The summed E-state index contributed by atoms with van der Waals surface area (Å²) in [6, 6.07) is 21.2. The first kappa shape index (κ1) is 23.7. The highest BCUT2D eigenvalue weighted by Gasteiger charge is 2.20. The molecule has 12 heteroatoms. The second-order valence-electron chi connectivity index (χ2n) is 8.16. The molecule has 36 heavy (non-hydrogen) atoms. The van der Waals surface area contributed by atoms with Crippen molar-refractivity contribution < 1.29 is 28.0 Å². The Morgan fingerprint density at radius 2 is 1.86 bits per heavy atom. The monoisotopic (exact) mass is 507 g/mol. The molecule has 184 valence electrons. The Labute approximate surface area is 205 Å². The quantitative estimate of drug-likeness (QED) is 0.149. The van der Waals surface area contributed by atoms with Gasteiger partial charge in [-0.3, -0.25) is 5.73 Å². The fraction of sp³-hybridized carbons (Fsp3) is 0.125.